The molecule has 1 fully saturated rings. The summed E-state index contributed by atoms with van der Waals surface area (Å²) in [6.45, 7) is 5.37. The van der Waals surface area contributed by atoms with E-state index in [1.807, 2.05) is 13.8 Å². The highest BCUT2D eigenvalue weighted by atomic mass is 16.1. The highest BCUT2D eigenvalue weighted by Crippen LogP contribution is 2.11. The van der Waals surface area contributed by atoms with Crippen molar-refractivity contribution in [2.75, 3.05) is 18.4 Å². The van der Waals surface area contributed by atoms with E-state index in [-0.39, 0.29) is 5.91 Å². The molecule has 2 rings (SSSR count). The van der Waals surface area contributed by atoms with Crippen molar-refractivity contribution >= 4 is 11.7 Å². The highest BCUT2D eigenvalue weighted by Gasteiger charge is 2.16. The van der Waals surface area contributed by atoms with Crippen molar-refractivity contribution in [2.24, 2.45) is 0 Å². The first-order valence-corrected chi connectivity index (χ1v) is 4.89. The molecular formula is C10H14N4O. The van der Waals surface area contributed by atoms with E-state index in [0.29, 0.717) is 5.82 Å². The molecule has 0 unspecified atom stereocenters. The maximum Gasteiger partial charge on any atom is 0.252 e. The number of amides is 1. The van der Waals surface area contributed by atoms with E-state index in [0.717, 1.165) is 24.4 Å². The lowest BCUT2D eigenvalue weighted by atomic mass is 10.0. The summed E-state index contributed by atoms with van der Waals surface area (Å²) < 4.78 is 0. The molecule has 1 amide bonds. The van der Waals surface area contributed by atoms with Gasteiger partial charge in [-0.2, -0.15) is 5.10 Å². The maximum atomic E-state index is 11.7. The molecule has 3 N–H and O–H groups in total. The number of carbonyl (C=O) groups is 1. The normalized spacial score (nSPS) is 14.7. The second-order valence-electron chi connectivity index (χ2n) is 3.72. The van der Waals surface area contributed by atoms with Crippen molar-refractivity contribution < 1.29 is 4.79 Å². The van der Waals surface area contributed by atoms with Crippen LogP contribution >= 0.6 is 0 Å². The summed E-state index contributed by atoms with van der Waals surface area (Å²) in [4.78, 5) is 11.7. The number of rotatable bonds is 2. The standard InChI is InChI=1S/C10H14N4O/c1-6-3-9(14-13-6)12-10(15)7(2)8-4-11-5-8/h3,11H,4-5H2,1-2H3,(H2,12,13,14,15). The summed E-state index contributed by atoms with van der Waals surface area (Å²) in [5, 5.41) is 12.6. The predicted molar refractivity (Wildman–Crippen MR) is 57.5 cm³/mol. The second kappa shape index (κ2) is 3.86. The first-order chi connectivity index (χ1) is 7.16. The fourth-order valence-corrected chi connectivity index (χ4v) is 1.37. The van der Waals surface area contributed by atoms with Gasteiger partial charge in [-0.3, -0.25) is 9.89 Å². The molecule has 80 valence electrons. The molecule has 5 nitrogen and oxygen atoms in total. The van der Waals surface area contributed by atoms with Crippen LogP contribution in [0.3, 0.4) is 0 Å². The van der Waals surface area contributed by atoms with E-state index in [1.54, 1.807) is 6.07 Å². The predicted octanol–water partition coefficient (Wildman–Crippen LogP) is 0.576. The number of aryl methyl sites for hydroxylation is 1. The SMILES string of the molecule is CC(C(=O)Nc1cc(C)[nH]n1)=C1CNC1. The van der Waals surface area contributed by atoms with Gasteiger partial charge < -0.3 is 10.6 Å². The van der Waals surface area contributed by atoms with Gasteiger partial charge in [-0.25, -0.2) is 0 Å². The minimum atomic E-state index is -0.0713. The average Bonchev–Trinajstić information content (AvgIpc) is 2.48. The first kappa shape index (κ1) is 9.92. The van der Waals surface area contributed by atoms with Gasteiger partial charge in [0.1, 0.15) is 0 Å². The number of nitrogens with zero attached hydrogens (tertiary/aromatic N) is 1. The van der Waals surface area contributed by atoms with Gasteiger partial charge >= 0.3 is 0 Å². The third-order valence-corrected chi connectivity index (χ3v) is 2.50. The molecular weight excluding hydrogens is 192 g/mol. The van der Waals surface area contributed by atoms with Gasteiger partial charge in [0.25, 0.3) is 5.91 Å². The zero-order valence-electron chi connectivity index (χ0n) is 8.85. The van der Waals surface area contributed by atoms with Gasteiger partial charge in [0.05, 0.1) is 0 Å². The number of H-pyrrole nitrogens is 1. The van der Waals surface area contributed by atoms with Gasteiger partial charge in [0.2, 0.25) is 0 Å². The van der Waals surface area contributed by atoms with Crippen LogP contribution in [0.15, 0.2) is 17.2 Å². The first-order valence-electron chi connectivity index (χ1n) is 4.89. The van der Waals surface area contributed by atoms with Gasteiger partial charge in [-0.15, -0.1) is 0 Å². The minimum absolute atomic E-state index is 0.0713. The maximum absolute atomic E-state index is 11.7. The topological polar surface area (TPSA) is 69.8 Å². The Morgan fingerprint density at radius 2 is 2.27 bits per heavy atom. The van der Waals surface area contributed by atoms with E-state index in [2.05, 4.69) is 20.8 Å². The van der Waals surface area contributed by atoms with Crippen LogP contribution in [0.25, 0.3) is 0 Å². The van der Waals surface area contributed by atoms with Crippen molar-refractivity contribution in [3.05, 3.63) is 22.9 Å². The molecule has 0 saturated carbocycles. The van der Waals surface area contributed by atoms with Crippen molar-refractivity contribution in [1.29, 1.82) is 0 Å². The van der Waals surface area contributed by atoms with Crippen LogP contribution in [0, 0.1) is 6.92 Å². The Hall–Kier alpha value is -1.62. The van der Waals surface area contributed by atoms with Crippen LogP contribution in [0.5, 0.6) is 0 Å². The molecule has 0 spiro atoms. The van der Waals surface area contributed by atoms with Crippen LogP contribution in [-0.4, -0.2) is 29.2 Å². The Kier molecular flexibility index (Phi) is 2.55. The van der Waals surface area contributed by atoms with E-state index in [4.69, 9.17) is 0 Å². The lowest BCUT2D eigenvalue weighted by molar-refractivity contribution is -0.112. The van der Waals surface area contributed by atoms with Gasteiger partial charge in [0, 0.05) is 30.4 Å². The van der Waals surface area contributed by atoms with E-state index in [1.165, 1.54) is 5.57 Å². The molecule has 0 radical (unpaired) electrons. The van der Waals surface area contributed by atoms with Crippen molar-refractivity contribution in [1.82, 2.24) is 15.5 Å². The zero-order chi connectivity index (χ0) is 10.8. The summed E-state index contributed by atoms with van der Waals surface area (Å²) in [6, 6.07) is 1.80. The third kappa shape index (κ3) is 2.07. The number of carbonyl (C=O) groups excluding carboxylic acids is 1. The van der Waals surface area contributed by atoms with Crippen molar-refractivity contribution in [3.63, 3.8) is 0 Å². The molecule has 0 aliphatic carbocycles. The quantitative estimate of drug-likeness (QED) is 0.620. The van der Waals surface area contributed by atoms with Crippen LogP contribution < -0.4 is 10.6 Å². The van der Waals surface area contributed by atoms with Crippen LogP contribution in [-0.2, 0) is 4.79 Å². The monoisotopic (exact) mass is 206 g/mol. The third-order valence-electron chi connectivity index (χ3n) is 2.50. The smallest absolute Gasteiger partial charge is 0.252 e. The number of anilines is 1. The largest absolute Gasteiger partial charge is 0.309 e. The van der Waals surface area contributed by atoms with Crippen LogP contribution in [0.1, 0.15) is 12.6 Å². The highest BCUT2D eigenvalue weighted by molar-refractivity contribution is 6.03. The number of hydrogen-bond acceptors (Lipinski definition) is 3. The Morgan fingerprint density at radius 1 is 1.53 bits per heavy atom. The van der Waals surface area contributed by atoms with Gasteiger partial charge in [0.15, 0.2) is 5.82 Å². The molecule has 1 aromatic heterocycles. The van der Waals surface area contributed by atoms with E-state index < -0.39 is 0 Å². The number of nitrogens with one attached hydrogen (secondary N) is 3. The van der Waals surface area contributed by atoms with Gasteiger partial charge in [-0.05, 0) is 19.4 Å². The number of aromatic amines is 1. The molecule has 0 aromatic carbocycles. The molecule has 5 heteroatoms. The molecule has 1 aromatic rings. The fraction of sp³-hybridized carbons (Fsp3) is 0.400. The molecule has 15 heavy (non-hydrogen) atoms. The van der Waals surface area contributed by atoms with Gasteiger partial charge in [-0.1, -0.05) is 0 Å². The average molecular weight is 206 g/mol. The molecule has 1 aliphatic heterocycles. The lowest BCUT2D eigenvalue weighted by Gasteiger charge is -2.21. The summed E-state index contributed by atoms with van der Waals surface area (Å²) in [5.74, 6) is 0.503. The summed E-state index contributed by atoms with van der Waals surface area (Å²) >= 11 is 0. The Labute approximate surface area is 87.9 Å². The van der Waals surface area contributed by atoms with Crippen LogP contribution in [0.2, 0.25) is 0 Å². The summed E-state index contributed by atoms with van der Waals surface area (Å²) in [7, 11) is 0. The van der Waals surface area contributed by atoms with E-state index >= 15 is 0 Å². The summed E-state index contributed by atoms with van der Waals surface area (Å²) in [5.41, 5.74) is 2.88. The lowest BCUT2D eigenvalue weighted by Crippen LogP contribution is -2.36. The molecule has 0 bridgehead atoms. The van der Waals surface area contributed by atoms with Crippen LogP contribution in [0.4, 0.5) is 5.82 Å². The fourth-order valence-electron chi connectivity index (χ4n) is 1.37. The second-order valence-corrected chi connectivity index (χ2v) is 3.72. The van der Waals surface area contributed by atoms with Crippen molar-refractivity contribution in [2.45, 2.75) is 13.8 Å². The number of hydrogen-bond donors (Lipinski definition) is 3. The Bertz CT molecular complexity index is 413. The molecule has 0 atom stereocenters. The minimum Gasteiger partial charge on any atom is -0.309 e. The van der Waals surface area contributed by atoms with E-state index in [9.17, 15) is 4.79 Å². The van der Waals surface area contributed by atoms with Crippen molar-refractivity contribution in [3.8, 4) is 0 Å². The zero-order valence-corrected chi connectivity index (χ0v) is 8.85. The molecule has 1 aliphatic rings. The molecule has 1 saturated heterocycles. The Balaban J connectivity index is 2.03. The number of aromatic nitrogens is 2. The Morgan fingerprint density at radius 3 is 2.73 bits per heavy atom. The molecule has 2 heterocycles. The summed E-state index contributed by atoms with van der Waals surface area (Å²) in [6.07, 6.45) is 0.